The number of fused-ring (bicyclic) bond motifs is 1. The number of carbonyl (C=O) groups excluding carboxylic acids is 1. The van der Waals surface area contributed by atoms with Crippen molar-refractivity contribution in [2.45, 2.75) is 38.8 Å². The smallest absolute Gasteiger partial charge is 0.252 e. The Morgan fingerprint density at radius 2 is 2.25 bits per heavy atom. The molecule has 1 atom stereocenters. The summed E-state index contributed by atoms with van der Waals surface area (Å²) in [6, 6.07) is 5.93. The summed E-state index contributed by atoms with van der Waals surface area (Å²) in [7, 11) is 0. The first-order chi connectivity index (χ1) is 12.6. The van der Waals surface area contributed by atoms with Crippen LogP contribution in [0.25, 0.3) is 22.5 Å². The zero-order valence-corrected chi connectivity index (χ0v) is 17.5. The second-order valence-electron chi connectivity index (χ2n) is 6.96. The van der Waals surface area contributed by atoms with E-state index in [1.54, 1.807) is 18.5 Å². The second kappa shape index (κ2) is 9.41. The molecular formula is C19H25Cl2N5O2. The van der Waals surface area contributed by atoms with Crippen molar-refractivity contribution in [1.82, 2.24) is 25.4 Å². The van der Waals surface area contributed by atoms with E-state index >= 15 is 0 Å². The molecule has 1 unspecified atom stereocenters. The lowest BCUT2D eigenvalue weighted by molar-refractivity contribution is 0.0952. The number of rotatable bonds is 5. The van der Waals surface area contributed by atoms with E-state index < -0.39 is 0 Å². The highest BCUT2D eigenvalue weighted by Gasteiger charge is 2.21. The van der Waals surface area contributed by atoms with Crippen molar-refractivity contribution in [3.63, 3.8) is 0 Å². The largest absolute Gasteiger partial charge is 0.463 e. The second-order valence-corrected chi connectivity index (χ2v) is 6.96. The topological polar surface area (TPSA) is 85.0 Å². The maximum Gasteiger partial charge on any atom is 0.252 e. The van der Waals surface area contributed by atoms with Crippen molar-refractivity contribution in [1.29, 1.82) is 0 Å². The molecule has 0 aromatic carbocycles. The van der Waals surface area contributed by atoms with E-state index in [9.17, 15) is 4.79 Å². The van der Waals surface area contributed by atoms with Gasteiger partial charge in [-0.2, -0.15) is 5.10 Å². The lowest BCUT2D eigenvalue weighted by Gasteiger charge is -2.13. The molecule has 1 fully saturated rings. The van der Waals surface area contributed by atoms with E-state index in [-0.39, 0.29) is 36.8 Å². The van der Waals surface area contributed by atoms with Crippen LogP contribution in [-0.4, -0.2) is 39.8 Å². The first-order valence-electron chi connectivity index (χ1n) is 9.07. The van der Waals surface area contributed by atoms with Crippen molar-refractivity contribution in [3.05, 3.63) is 36.2 Å². The minimum atomic E-state index is -0.109. The van der Waals surface area contributed by atoms with Gasteiger partial charge in [-0.05, 0) is 51.4 Å². The van der Waals surface area contributed by atoms with Crippen molar-refractivity contribution in [3.8, 4) is 11.5 Å². The van der Waals surface area contributed by atoms with Crippen LogP contribution in [0.5, 0.6) is 0 Å². The van der Waals surface area contributed by atoms with E-state index in [2.05, 4.69) is 15.7 Å². The lowest BCUT2D eigenvalue weighted by Crippen LogP contribution is -2.37. The molecule has 1 aliphatic heterocycles. The third-order valence-electron chi connectivity index (χ3n) is 4.75. The van der Waals surface area contributed by atoms with Crippen LogP contribution < -0.4 is 10.6 Å². The van der Waals surface area contributed by atoms with Crippen molar-refractivity contribution in [2.75, 3.05) is 13.1 Å². The molecule has 0 spiro atoms. The Balaban J connectivity index is 0.00000140. The van der Waals surface area contributed by atoms with Gasteiger partial charge in [-0.3, -0.25) is 4.79 Å². The zero-order chi connectivity index (χ0) is 18.1. The van der Waals surface area contributed by atoms with Crippen LogP contribution in [0.15, 0.2) is 35.1 Å². The van der Waals surface area contributed by atoms with Gasteiger partial charge in [0.05, 0.1) is 23.4 Å². The summed E-state index contributed by atoms with van der Waals surface area (Å²) in [6.45, 7) is 5.72. The lowest BCUT2D eigenvalue weighted by atomic mass is 10.1. The summed E-state index contributed by atoms with van der Waals surface area (Å²) in [5.41, 5.74) is 1.90. The van der Waals surface area contributed by atoms with Gasteiger partial charge in [0.15, 0.2) is 11.4 Å². The van der Waals surface area contributed by atoms with Gasteiger partial charge < -0.3 is 15.1 Å². The predicted octanol–water partition coefficient (Wildman–Crippen LogP) is 3.60. The summed E-state index contributed by atoms with van der Waals surface area (Å²) < 4.78 is 7.32. The molecule has 2 N–H and O–H groups in total. The molecule has 1 saturated heterocycles. The Hall–Kier alpha value is -2.09. The number of carbonyl (C=O) groups is 1. The molecule has 0 saturated carbocycles. The molecule has 4 heterocycles. The van der Waals surface area contributed by atoms with Gasteiger partial charge in [-0.15, -0.1) is 24.8 Å². The van der Waals surface area contributed by atoms with Crippen molar-refractivity contribution < 1.29 is 9.21 Å². The number of aromatic nitrogens is 3. The number of hydrogen-bond donors (Lipinski definition) is 2. The normalized spacial score (nSPS) is 16.0. The van der Waals surface area contributed by atoms with Crippen molar-refractivity contribution >= 4 is 41.8 Å². The monoisotopic (exact) mass is 425 g/mol. The molecule has 3 aromatic heterocycles. The molecule has 152 valence electrons. The Labute approximate surface area is 176 Å². The van der Waals surface area contributed by atoms with Gasteiger partial charge in [-0.25, -0.2) is 9.67 Å². The third-order valence-corrected chi connectivity index (χ3v) is 4.75. The molecule has 4 rings (SSSR count). The van der Waals surface area contributed by atoms with Gasteiger partial charge in [0.1, 0.15) is 5.69 Å². The summed E-state index contributed by atoms with van der Waals surface area (Å²) in [5, 5.41) is 11.6. The molecule has 3 aromatic rings. The number of nitrogens with zero attached hydrogens (tertiary/aromatic N) is 3. The van der Waals surface area contributed by atoms with Gasteiger partial charge in [0.25, 0.3) is 5.91 Å². The number of nitrogens with one attached hydrogen (secondary N) is 2. The van der Waals surface area contributed by atoms with Crippen LogP contribution in [0.1, 0.15) is 43.1 Å². The molecule has 28 heavy (non-hydrogen) atoms. The van der Waals surface area contributed by atoms with E-state index in [0.29, 0.717) is 35.3 Å². The van der Waals surface area contributed by atoms with Gasteiger partial charge in [-0.1, -0.05) is 0 Å². The number of furan rings is 1. The maximum absolute atomic E-state index is 12.9. The first kappa shape index (κ1) is 22.2. The van der Waals surface area contributed by atoms with Gasteiger partial charge >= 0.3 is 0 Å². The summed E-state index contributed by atoms with van der Waals surface area (Å²) in [4.78, 5) is 17.6. The predicted molar refractivity (Wildman–Crippen MR) is 113 cm³/mol. The Morgan fingerprint density at radius 1 is 1.43 bits per heavy atom. The quantitative estimate of drug-likeness (QED) is 0.651. The van der Waals surface area contributed by atoms with Gasteiger partial charge in [0, 0.05) is 18.6 Å². The van der Waals surface area contributed by atoms with Crippen LogP contribution in [0.3, 0.4) is 0 Å². The average molecular weight is 426 g/mol. The van der Waals surface area contributed by atoms with Crippen LogP contribution >= 0.6 is 24.8 Å². The fourth-order valence-corrected chi connectivity index (χ4v) is 3.38. The fourth-order valence-electron chi connectivity index (χ4n) is 3.38. The minimum Gasteiger partial charge on any atom is -0.463 e. The molecule has 0 aliphatic carbocycles. The number of amides is 1. The number of halogens is 2. The molecule has 1 aliphatic rings. The number of pyridine rings is 1. The molecule has 1 amide bonds. The third kappa shape index (κ3) is 4.32. The standard InChI is InChI=1S/C19H23N5O2.2ClH/c1-12(2)24-18-15(11-22-24)14(9-16(23-18)17-6-4-8-26-17)19(25)21-10-13-5-3-7-20-13;;/h4,6,8-9,11-13,20H,3,5,7,10H2,1-2H3,(H,21,25);2*1H. The van der Waals surface area contributed by atoms with Crippen LogP contribution in [0.2, 0.25) is 0 Å². The van der Waals surface area contributed by atoms with E-state index in [1.165, 1.54) is 0 Å². The highest BCUT2D eigenvalue weighted by Crippen LogP contribution is 2.26. The summed E-state index contributed by atoms with van der Waals surface area (Å²) >= 11 is 0. The zero-order valence-electron chi connectivity index (χ0n) is 15.8. The van der Waals surface area contributed by atoms with E-state index in [0.717, 1.165) is 24.8 Å². The molecule has 9 heteroatoms. The molecule has 7 nitrogen and oxygen atoms in total. The van der Waals surface area contributed by atoms with E-state index in [4.69, 9.17) is 9.40 Å². The van der Waals surface area contributed by atoms with Gasteiger partial charge in [0.2, 0.25) is 0 Å². The average Bonchev–Trinajstić information content (AvgIpc) is 3.39. The highest BCUT2D eigenvalue weighted by molar-refractivity contribution is 6.06. The summed E-state index contributed by atoms with van der Waals surface area (Å²) in [6.07, 6.45) is 5.57. The first-order valence-corrected chi connectivity index (χ1v) is 9.07. The van der Waals surface area contributed by atoms with Crippen LogP contribution in [-0.2, 0) is 0 Å². The Morgan fingerprint density at radius 3 is 2.89 bits per heavy atom. The molecular weight excluding hydrogens is 401 g/mol. The summed E-state index contributed by atoms with van der Waals surface area (Å²) in [5.74, 6) is 0.525. The Kier molecular flexibility index (Phi) is 7.46. The number of hydrogen-bond acceptors (Lipinski definition) is 5. The fraction of sp³-hybridized carbons (Fsp3) is 0.421. The molecule has 0 radical (unpaired) electrons. The molecule has 0 bridgehead atoms. The highest BCUT2D eigenvalue weighted by atomic mass is 35.5. The Bertz CT molecular complexity index is 918. The van der Waals surface area contributed by atoms with Crippen molar-refractivity contribution in [2.24, 2.45) is 0 Å². The minimum absolute atomic E-state index is 0. The van der Waals surface area contributed by atoms with Crippen LogP contribution in [0, 0.1) is 0 Å². The SMILES string of the molecule is CC(C)n1ncc2c(C(=O)NCC3CCCN3)cc(-c3ccco3)nc21.Cl.Cl. The van der Waals surface area contributed by atoms with Crippen LogP contribution in [0.4, 0.5) is 0 Å². The van der Waals surface area contributed by atoms with E-state index in [1.807, 2.05) is 30.7 Å². The maximum atomic E-state index is 12.9.